The van der Waals surface area contributed by atoms with Gasteiger partial charge in [-0.15, -0.1) is 0 Å². The number of piperidine rings is 1. The van der Waals surface area contributed by atoms with Crippen LogP contribution in [0.4, 0.5) is 0 Å². The van der Waals surface area contributed by atoms with Crippen molar-refractivity contribution in [3.05, 3.63) is 28.0 Å². The van der Waals surface area contributed by atoms with Crippen molar-refractivity contribution in [2.45, 2.75) is 26.2 Å². The molecule has 0 atom stereocenters. The number of carbonyl (C=O) groups is 1. The lowest BCUT2D eigenvalue weighted by molar-refractivity contribution is 0.0683. The molecule has 1 aromatic heterocycles. The minimum absolute atomic E-state index is 0.114. The molecular formula is C13H16Cl2N2O. The number of halogens is 2. The van der Waals surface area contributed by atoms with Gasteiger partial charge in [0.05, 0.1) is 5.02 Å². The Morgan fingerprint density at radius 2 is 2.06 bits per heavy atom. The number of nitrogens with zero attached hydrogens (tertiary/aromatic N) is 2. The first-order chi connectivity index (χ1) is 8.61. The molecule has 0 N–H and O–H groups in total. The van der Waals surface area contributed by atoms with Gasteiger partial charge >= 0.3 is 0 Å². The van der Waals surface area contributed by atoms with E-state index in [2.05, 4.69) is 11.9 Å². The molecule has 3 nitrogen and oxygen atoms in total. The van der Waals surface area contributed by atoms with Crippen LogP contribution in [-0.2, 0) is 0 Å². The van der Waals surface area contributed by atoms with Crippen LogP contribution in [0.5, 0.6) is 0 Å². The Hall–Kier alpha value is -0.800. The van der Waals surface area contributed by atoms with Crippen LogP contribution in [0.2, 0.25) is 10.2 Å². The Bertz CT molecular complexity index is 443. The molecule has 98 valence electrons. The molecule has 0 saturated carbocycles. The lowest BCUT2D eigenvalue weighted by Gasteiger charge is -2.31. The maximum Gasteiger partial charge on any atom is 0.274 e. The van der Waals surface area contributed by atoms with Crippen LogP contribution in [0.15, 0.2) is 12.1 Å². The van der Waals surface area contributed by atoms with E-state index in [0.717, 1.165) is 31.8 Å². The number of aromatic nitrogens is 1. The molecule has 0 radical (unpaired) electrons. The molecule has 0 unspecified atom stereocenters. The predicted molar refractivity (Wildman–Crippen MR) is 73.2 cm³/mol. The summed E-state index contributed by atoms with van der Waals surface area (Å²) in [6.45, 7) is 3.75. The molecule has 0 spiro atoms. The molecular weight excluding hydrogens is 271 g/mol. The van der Waals surface area contributed by atoms with Crippen molar-refractivity contribution < 1.29 is 4.79 Å². The van der Waals surface area contributed by atoms with Crippen molar-refractivity contribution in [1.29, 1.82) is 0 Å². The van der Waals surface area contributed by atoms with E-state index in [0.29, 0.717) is 10.2 Å². The minimum atomic E-state index is -0.114. The Morgan fingerprint density at radius 1 is 1.39 bits per heavy atom. The summed E-state index contributed by atoms with van der Waals surface area (Å²) in [5, 5.41) is 0.660. The average molecular weight is 287 g/mol. The zero-order valence-corrected chi connectivity index (χ0v) is 11.8. The number of amides is 1. The van der Waals surface area contributed by atoms with Crippen molar-refractivity contribution in [1.82, 2.24) is 9.88 Å². The van der Waals surface area contributed by atoms with Gasteiger partial charge in [0.15, 0.2) is 0 Å². The van der Waals surface area contributed by atoms with E-state index in [1.165, 1.54) is 6.42 Å². The standard InChI is InChI=1S/C13H16Cl2N2O/c1-2-9-5-7-17(8-6-9)13(18)12-10(14)3-4-11(15)16-12/h3-4,9H,2,5-8H2,1H3. The van der Waals surface area contributed by atoms with Crippen LogP contribution >= 0.6 is 23.2 Å². The monoisotopic (exact) mass is 286 g/mol. The second-order valence-electron chi connectivity index (χ2n) is 4.61. The Morgan fingerprint density at radius 3 is 2.67 bits per heavy atom. The maximum atomic E-state index is 12.3. The summed E-state index contributed by atoms with van der Waals surface area (Å²) in [7, 11) is 0. The molecule has 1 saturated heterocycles. The zero-order chi connectivity index (χ0) is 13.1. The van der Waals surface area contributed by atoms with Crippen LogP contribution in [0.1, 0.15) is 36.7 Å². The molecule has 1 aromatic rings. The van der Waals surface area contributed by atoms with Crippen molar-refractivity contribution in [3.8, 4) is 0 Å². The molecule has 0 bridgehead atoms. The van der Waals surface area contributed by atoms with Gasteiger partial charge < -0.3 is 4.90 Å². The first-order valence-corrected chi connectivity index (χ1v) is 6.98. The van der Waals surface area contributed by atoms with E-state index in [4.69, 9.17) is 23.2 Å². The van der Waals surface area contributed by atoms with Crippen molar-refractivity contribution in [3.63, 3.8) is 0 Å². The first kappa shape index (κ1) is 13.6. The molecule has 1 amide bonds. The van der Waals surface area contributed by atoms with E-state index in [-0.39, 0.29) is 11.6 Å². The van der Waals surface area contributed by atoms with Crippen LogP contribution in [0.25, 0.3) is 0 Å². The van der Waals surface area contributed by atoms with E-state index < -0.39 is 0 Å². The third-order valence-corrected chi connectivity index (χ3v) is 4.01. The summed E-state index contributed by atoms with van der Waals surface area (Å²) < 4.78 is 0. The second kappa shape index (κ2) is 5.89. The molecule has 0 aliphatic carbocycles. The Labute approximate surface area is 117 Å². The number of hydrogen-bond donors (Lipinski definition) is 0. The highest BCUT2D eigenvalue weighted by Crippen LogP contribution is 2.23. The third kappa shape index (κ3) is 2.96. The predicted octanol–water partition coefficient (Wildman–Crippen LogP) is 3.65. The largest absolute Gasteiger partial charge is 0.337 e. The molecule has 1 aliphatic rings. The van der Waals surface area contributed by atoms with Crippen LogP contribution in [0, 0.1) is 5.92 Å². The highest BCUT2D eigenvalue weighted by Gasteiger charge is 2.25. The normalized spacial score (nSPS) is 16.9. The smallest absolute Gasteiger partial charge is 0.274 e. The van der Waals surface area contributed by atoms with Gasteiger partial charge in [0, 0.05) is 13.1 Å². The number of carbonyl (C=O) groups excluding carboxylic acids is 1. The SMILES string of the molecule is CCC1CCN(C(=O)c2nc(Cl)ccc2Cl)CC1. The van der Waals surface area contributed by atoms with Gasteiger partial charge in [0.2, 0.25) is 0 Å². The fraction of sp³-hybridized carbons (Fsp3) is 0.538. The quantitative estimate of drug-likeness (QED) is 0.778. The summed E-state index contributed by atoms with van der Waals surface area (Å²) in [5.41, 5.74) is 0.263. The Kier molecular flexibility index (Phi) is 4.46. The van der Waals surface area contributed by atoms with E-state index >= 15 is 0 Å². The topological polar surface area (TPSA) is 33.2 Å². The van der Waals surface area contributed by atoms with Crippen LogP contribution in [-0.4, -0.2) is 28.9 Å². The van der Waals surface area contributed by atoms with Gasteiger partial charge in [-0.25, -0.2) is 4.98 Å². The summed E-state index contributed by atoms with van der Waals surface area (Å²) in [5.74, 6) is 0.619. The van der Waals surface area contributed by atoms with Crippen molar-refractivity contribution >= 4 is 29.1 Å². The molecule has 1 aliphatic heterocycles. The van der Waals surface area contributed by atoms with Crippen molar-refractivity contribution in [2.75, 3.05) is 13.1 Å². The van der Waals surface area contributed by atoms with Gasteiger partial charge in [0.25, 0.3) is 5.91 Å². The van der Waals surface area contributed by atoms with Gasteiger partial charge in [0.1, 0.15) is 10.8 Å². The average Bonchev–Trinajstić information content (AvgIpc) is 2.41. The number of pyridine rings is 1. The highest BCUT2D eigenvalue weighted by atomic mass is 35.5. The van der Waals surface area contributed by atoms with Crippen LogP contribution < -0.4 is 0 Å². The molecule has 0 aromatic carbocycles. The third-order valence-electron chi connectivity index (χ3n) is 3.49. The first-order valence-electron chi connectivity index (χ1n) is 6.23. The van der Waals surface area contributed by atoms with E-state index in [1.807, 2.05) is 4.90 Å². The lowest BCUT2D eigenvalue weighted by atomic mass is 9.94. The second-order valence-corrected chi connectivity index (χ2v) is 5.40. The summed E-state index contributed by atoms with van der Waals surface area (Å²) in [6.07, 6.45) is 3.29. The summed E-state index contributed by atoms with van der Waals surface area (Å²) >= 11 is 11.8. The summed E-state index contributed by atoms with van der Waals surface area (Å²) in [6, 6.07) is 3.20. The van der Waals surface area contributed by atoms with Gasteiger partial charge in [-0.1, -0.05) is 36.5 Å². The van der Waals surface area contributed by atoms with Crippen molar-refractivity contribution in [2.24, 2.45) is 5.92 Å². The summed E-state index contributed by atoms with van der Waals surface area (Å²) in [4.78, 5) is 18.1. The fourth-order valence-electron chi connectivity index (χ4n) is 2.26. The molecule has 5 heteroatoms. The van der Waals surface area contributed by atoms with Gasteiger partial charge in [-0.2, -0.15) is 0 Å². The van der Waals surface area contributed by atoms with Gasteiger partial charge in [-0.05, 0) is 30.9 Å². The molecule has 18 heavy (non-hydrogen) atoms. The number of likely N-dealkylation sites (tertiary alicyclic amines) is 1. The lowest BCUT2D eigenvalue weighted by Crippen LogP contribution is -2.38. The number of hydrogen-bond acceptors (Lipinski definition) is 2. The van der Waals surface area contributed by atoms with E-state index in [1.54, 1.807) is 12.1 Å². The zero-order valence-electron chi connectivity index (χ0n) is 10.3. The maximum absolute atomic E-state index is 12.3. The highest BCUT2D eigenvalue weighted by molar-refractivity contribution is 6.34. The molecule has 2 rings (SSSR count). The van der Waals surface area contributed by atoms with Gasteiger partial charge in [-0.3, -0.25) is 4.79 Å². The Balaban J connectivity index is 2.10. The van der Waals surface area contributed by atoms with E-state index in [9.17, 15) is 4.79 Å². The van der Waals surface area contributed by atoms with Crippen LogP contribution in [0.3, 0.4) is 0 Å². The minimum Gasteiger partial charge on any atom is -0.337 e. The molecule has 2 heterocycles. The fourth-order valence-corrected chi connectivity index (χ4v) is 2.60. The number of rotatable bonds is 2. The molecule has 1 fully saturated rings.